The Morgan fingerprint density at radius 3 is 0.875 bits per heavy atom. The number of benzene rings is 6. The number of rotatable bonds is 0. The van der Waals surface area contributed by atoms with Crippen LogP contribution < -0.4 is 0 Å². The number of phenols is 9. The highest BCUT2D eigenvalue weighted by Crippen LogP contribution is 2.21. The van der Waals surface area contributed by atoms with Gasteiger partial charge in [0.05, 0.1) is 0 Å². The summed E-state index contributed by atoms with van der Waals surface area (Å²) in [4.78, 5) is 2.26. The zero-order chi connectivity index (χ0) is 35.9. The van der Waals surface area contributed by atoms with Crippen LogP contribution in [0.1, 0.15) is 0 Å². The largest absolute Gasteiger partial charge is 0.508 e. The lowest BCUT2D eigenvalue weighted by molar-refractivity contribution is 0.404. The van der Waals surface area contributed by atoms with E-state index in [9.17, 15) is 0 Å². The van der Waals surface area contributed by atoms with Crippen molar-refractivity contribution in [3.63, 3.8) is 0 Å². The molecule has 0 aliphatic rings. The van der Waals surface area contributed by atoms with Gasteiger partial charge < -0.3 is 46.0 Å². The summed E-state index contributed by atoms with van der Waals surface area (Å²) in [5, 5.41) is 78.3. The fraction of sp³-hybridized carbons (Fsp3) is 0. The lowest BCUT2D eigenvalue weighted by Gasteiger charge is -1.91. The molecular formula is C36H36O9S3. The molecule has 0 amide bonds. The summed E-state index contributed by atoms with van der Waals surface area (Å²) in [5.41, 5.74) is 0. The monoisotopic (exact) mass is 708 g/mol. The molecule has 0 unspecified atom stereocenters. The quantitative estimate of drug-likeness (QED) is 0.0419. The maximum atomic E-state index is 8.84. The topological polar surface area (TPSA) is 182 Å². The van der Waals surface area contributed by atoms with E-state index in [2.05, 4.69) is 37.9 Å². The second-order valence-corrected chi connectivity index (χ2v) is 10.6. The molecule has 9 N–H and O–H groups in total. The van der Waals surface area contributed by atoms with Gasteiger partial charge in [-0.15, -0.1) is 37.9 Å². The lowest BCUT2D eigenvalue weighted by atomic mass is 10.3. The minimum atomic E-state index is -0.0764. The summed E-state index contributed by atoms with van der Waals surface area (Å²) >= 11 is 12.0. The molecule has 6 rings (SSSR count). The van der Waals surface area contributed by atoms with Crippen LogP contribution in [0, 0.1) is 0 Å². The van der Waals surface area contributed by atoms with Crippen molar-refractivity contribution < 1.29 is 46.0 Å². The van der Waals surface area contributed by atoms with E-state index in [1.807, 2.05) is 12.1 Å². The fourth-order valence-corrected chi connectivity index (χ4v) is 3.35. The van der Waals surface area contributed by atoms with Crippen molar-refractivity contribution in [2.24, 2.45) is 0 Å². The smallest absolute Gasteiger partial charge is 0.157 e. The maximum Gasteiger partial charge on any atom is 0.157 e. The molecule has 6 aromatic carbocycles. The van der Waals surface area contributed by atoms with Gasteiger partial charge >= 0.3 is 0 Å². The standard InChI is InChI=1S/3C6H6O2.3C6H6OS/c7-5-1-2-6(8)4-3-5;7-5-2-1-3-6(8)4-5;7-5-3-1-2-4-6(5)8;7-5-1-3-6(8)4-2-5;7-5-2-1-3-6(8)4-5;7-5-3-1-2-4-6(5)8/h6*1-4,7-8H. The molecule has 6 aromatic rings. The molecule has 9 nitrogen and oxygen atoms in total. The van der Waals surface area contributed by atoms with Crippen LogP contribution in [0.5, 0.6) is 51.7 Å². The predicted octanol–water partition coefficient (Wildman–Crippen LogP) is 8.34. The summed E-state index contributed by atoms with van der Waals surface area (Å²) in [6, 6.07) is 38.0. The second-order valence-electron chi connectivity index (χ2n) is 9.05. The predicted molar refractivity (Wildman–Crippen MR) is 195 cm³/mol. The Balaban J connectivity index is 0.000000288. The molecule has 0 aromatic heterocycles. The Labute approximate surface area is 294 Å². The fourth-order valence-electron chi connectivity index (χ4n) is 2.82. The molecule has 0 radical (unpaired) electrons. The Morgan fingerprint density at radius 1 is 0.271 bits per heavy atom. The minimum Gasteiger partial charge on any atom is -0.508 e. The number of aromatic hydroxyl groups is 9. The van der Waals surface area contributed by atoms with Crippen LogP contribution in [-0.2, 0) is 0 Å². The van der Waals surface area contributed by atoms with E-state index >= 15 is 0 Å². The highest BCUT2D eigenvalue weighted by molar-refractivity contribution is 7.80. The maximum absolute atomic E-state index is 8.84. The van der Waals surface area contributed by atoms with E-state index in [0.717, 1.165) is 9.79 Å². The van der Waals surface area contributed by atoms with Gasteiger partial charge in [-0.25, -0.2) is 0 Å². The first-order valence-corrected chi connectivity index (χ1v) is 15.0. The van der Waals surface area contributed by atoms with Crippen LogP contribution in [0.4, 0.5) is 0 Å². The molecule has 0 bridgehead atoms. The summed E-state index contributed by atoms with van der Waals surface area (Å²) in [5.74, 6) is 1.14. The van der Waals surface area contributed by atoms with E-state index in [4.69, 9.17) is 46.0 Å². The zero-order valence-corrected chi connectivity index (χ0v) is 27.9. The van der Waals surface area contributed by atoms with Crippen LogP contribution in [0.15, 0.2) is 160 Å². The van der Waals surface area contributed by atoms with Gasteiger partial charge in [0, 0.05) is 20.8 Å². The van der Waals surface area contributed by atoms with Gasteiger partial charge in [0.1, 0.15) is 40.2 Å². The van der Waals surface area contributed by atoms with Gasteiger partial charge in [-0.3, -0.25) is 0 Å². The summed E-state index contributed by atoms with van der Waals surface area (Å²) < 4.78 is 0. The number of hydrogen-bond acceptors (Lipinski definition) is 12. The number of hydrogen-bond donors (Lipinski definition) is 12. The van der Waals surface area contributed by atoms with Crippen LogP contribution in [0.25, 0.3) is 0 Å². The third-order valence-corrected chi connectivity index (χ3v) is 6.08. The number of phenolic OH excluding ortho intramolecular Hbond substituents is 9. The minimum absolute atomic E-state index is 0.0764. The average Bonchev–Trinajstić information content (AvgIpc) is 3.04. The second kappa shape index (κ2) is 23.0. The number of thiol groups is 3. The van der Waals surface area contributed by atoms with E-state index < -0.39 is 0 Å². The van der Waals surface area contributed by atoms with Crippen molar-refractivity contribution in [2.45, 2.75) is 14.7 Å². The lowest BCUT2D eigenvalue weighted by Crippen LogP contribution is -1.64. The SMILES string of the molecule is Oc1ccc(O)cc1.Oc1ccc(S)cc1.Oc1cccc(O)c1.Oc1cccc(S)c1.Oc1ccccc1O.Oc1ccccc1S. The van der Waals surface area contributed by atoms with E-state index in [1.165, 1.54) is 54.6 Å². The summed E-state index contributed by atoms with van der Waals surface area (Å²) in [7, 11) is 0. The zero-order valence-electron chi connectivity index (χ0n) is 25.2. The number of para-hydroxylation sites is 3. The van der Waals surface area contributed by atoms with Gasteiger partial charge in [0.25, 0.3) is 0 Å². The molecular weight excluding hydrogens is 673 g/mol. The molecule has 12 heteroatoms. The first kappa shape index (κ1) is 40.6. The van der Waals surface area contributed by atoms with Gasteiger partial charge in [-0.05, 0) is 103 Å². The van der Waals surface area contributed by atoms with Gasteiger partial charge in [0.2, 0.25) is 0 Å². The molecule has 0 spiro atoms. The first-order valence-electron chi connectivity index (χ1n) is 13.6. The van der Waals surface area contributed by atoms with Crippen molar-refractivity contribution in [2.75, 3.05) is 0 Å². The molecule has 0 saturated heterocycles. The van der Waals surface area contributed by atoms with Crippen LogP contribution in [-0.4, -0.2) is 46.0 Å². The van der Waals surface area contributed by atoms with Crippen molar-refractivity contribution in [3.05, 3.63) is 146 Å². The van der Waals surface area contributed by atoms with Crippen molar-refractivity contribution in [3.8, 4) is 51.7 Å². The molecule has 0 aliphatic carbocycles. The van der Waals surface area contributed by atoms with Crippen molar-refractivity contribution >= 4 is 37.9 Å². The third-order valence-electron chi connectivity index (χ3n) is 5.12. The normalized spacial score (nSPS) is 9.06. The highest BCUT2D eigenvalue weighted by Gasteiger charge is 1.91. The molecule has 0 saturated carbocycles. The highest BCUT2D eigenvalue weighted by atomic mass is 32.1. The molecule has 48 heavy (non-hydrogen) atoms. The Kier molecular flexibility index (Phi) is 19.4. The van der Waals surface area contributed by atoms with Crippen LogP contribution in [0.3, 0.4) is 0 Å². The van der Waals surface area contributed by atoms with Crippen molar-refractivity contribution in [1.29, 1.82) is 0 Å². The molecule has 0 aliphatic heterocycles. The molecule has 0 atom stereocenters. The Bertz CT molecular complexity index is 1500. The van der Waals surface area contributed by atoms with Crippen molar-refractivity contribution in [1.82, 2.24) is 0 Å². The van der Waals surface area contributed by atoms with E-state index in [0.29, 0.717) is 4.90 Å². The molecule has 0 fully saturated rings. The third kappa shape index (κ3) is 19.9. The Hall–Kier alpha value is -5.43. The summed E-state index contributed by atoms with van der Waals surface area (Å²) in [6.45, 7) is 0. The van der Waals surface area contributed by atoms with Gasteiger partial charge in [-0.2, -0.15) is 0 Å². The molecule has 0 heterocycles. The van der Waals surface area contributed by atoms with E-state index in [-0.39, 0.29) is 51.7 Å². The van der Waals surface area contributed by atoms with Gasteiger partial charge in [0.15, 0.2) is 11.5 Å². The summed E-state index contributed by atoms with van der Waals surface area (Å²) in [6.07, 6.45) is 0. The van der Waals surface area contributed by atoms with Crippen LogP contribution >= 0.6 is 37.9 Å². The molecule has 252 valence electrons. The first-order chi connectivity index (χ1) is 22.8. The van der Waals surface area contributed by atoms with Crippen LogP contribution in [0.2, 0.25) is 0 Å². The van der Waals surface area contributed by atoms with Gasteiger partial charge in [-0.1, -0.05) is 36.4 Å². The Morgan fingerprint density at radius 2 is 0.625 bits per heavy atom. The van der Waals surface area contributed by atoms with E-state index in [1.54, 1.807) is 78.9 Å². The average molecular weight is 709 g/mol.